The van der Waals surface area contributed by atoms with Crippen molar-refractivity contribution in [2.75, 3.05) is 0 Å². The molecule has 0 spiro atoms. The first-order chi connectivity index (χ1) is 7.27. The van der Waals surface area contributed by atoms with Gasteiger partial charge in [-0.2, -0.15) is 5.10 Å². The molecule has 0 amide bonds. The summed E-state index contributed by atoms with van der Waals surface area (Å²) in [6, 6.07) is 2.01. The summed E-state index contributed by atoms with van der Waals surface area (Å²) in [7, 11) is 0. The second kappa shape index (κ2) is 6.38. The van der Waals surface area contributed by atoms with Gasteiger partial charge in [-0.15, -0.1) is 0 Å². The lowest BCUT2D eigenvalue weighted by Crippen LogP contribution is -2.07. The van der Waals surface area contributed by atoms with Crippen molar-refractivity contribution in [3.63, 3.8) is 0 Å². The van der Waals surface area contributed by atoms with E-state index in [1.807, 2.05) is 23.9 Å². The summed E-state index contributed by atoms with van der Waals surface area (Å²) in [5.74, 6) is 0.363. The number of Topliss-reactive ketones (excluding diaryl/α,β-unsaturated/α-hetero) is 1. The molecule has 0 radical (unpaired) electrons. The van der Waals surface area contributed by atoms with Crippen LogP contribution >= 0.6 is 0 Å². The minimum Gasteiger partial charge on any atom is -0.300 e. The Hall–Kier alpha value is -1.12. The predicted molar refractivity (Wildman–Crippen MR) is 60.8 cm³/mol. The summed E-state index contributed by atoms with van der Waals surface area (Å²) in [4.78, 5) is 11.4. The van der Waals surface area contributed by atoms with E-state index in [4.69, 9.17) is 0 Å². The Morgan fingerprint density at radius 2 is 2.13 bits per heavy atom. The van der Waals surface area contributed by atoms with E-state index in [2.05, 4.69) is 12.0 Å². The van der Waals surface area contributed by atoms with E-state index in [-0.39, 0.29) is 0 Å². The highest BCUT2D eigenvalue weighted by Crippen LogP contribution is 2.06. The molecule has 3 heteroatoms. The zero-order chi connectivity index (χ0) is 11.1. The van der Waals surface area contributed by atoms with Crippen LogP contribution < -0.4 is 0 Å². The molecular weight excluding hydrogens is 188 g/mol. The number of carbonyl (C=O) groups excluding carboxylic acids is 1. The lowest BCUT2D eigenvalue weighted by molar-refractivity contribution is -0.119. The predicted octanol–water partition coefficient (Wildman–Crippen LogP) is 2.59. The van der Waals surface area contributed by atoms with Crippen LogP contribution in [0.3, 0.4) is 0 Å². The van der Waals surface area contributed by atoms with Crippen LogP contribution in [0.2, 0.25) is 0 Å². The van der Waals surface area contributed by atoms with Gasteiger partial charge >= 0.3 is 0 Å². The van der Waals surface area contributed by atoms with Crippen molar-refractivity contribution in [2.45, 2.75) is 52.5 Å². The lowest BCUT2D eigenvalue weighted by atomic mass is 10.1. The molecule has 0 aliphatic heterocycles. The van der Waals surface area contributed by atoms with Crippen LogP contribution in [0, 0.1) is 0 Å². The number of rotatable bonds is 7. The number of aryl methyl sites for hydroxylation is 2. The molecule has 0 N–H and O–H groups in total. The van der Waals surface area contributed by atoms with Crippen LogP contribution in [-0.4, -0.2) is 15.6 Å². The summed E-state index contributed by atoms with van der Waals surface area (Å²) >= 11 is 0. The normalized spacial score (nSPS) is 10.5. The molecule has 84 valence electrons. The second-order valence-corrected chi connectivity index (χ2v) is 3.83. The quantitative estimate of drug-likeness (QED) is 0.690. The highest BCUT2D eigenvalue weighted by Gasteiger charge is 2.05. The van der Waals surface area contributed by atoms with E-state index in [1.54, 1.807) is 0 Å². The smallest absolute Gasteiger partial charge is 0.133 e. The number of hydrogen-bond acceptors (Lipinski definition) is 2. The zero-order valence-corrected chi connectivity index (χ0v) is 9.70. The van der Waals surface area contributed by atoms with Crippen molar-refractivity contribution >= 4 is 5.78 Å². The molecule has 3 nitrogen and oxygen atoms in total. The summed E-state index contributed by atoms with van der Waals surface area (Å²) in [6.45, 7) is 5.12. The van der Waals surface area contributed by atoms with Crippen LogP contribution in [0.5, 0.6) is 0 Å². The van der Waals surface area contributed by atoms with Gasteiger partial charge in [-0.3, -0.25) is 9.48 Å². The second-order valence-electron chi connectivity index (χ2n) is 3.83. The first-order valence-electron chi connectivity index (χ1n) is 5.80. The van der Waals surface area contributed by atoms with Gasteiger partial charge in [-0.05, 0) is 25.3 Å². The third-order valence-corrected chi connectivity index (χ3v) is 2.43. The molecular formula is C12H20N2O. The average Bonchev–Trinajstić information content (AvgIpc) is 2.64. The van der Waals surface area contributed by atoms with Crippen LogP contribution in [0.4, 0.5) is 0 Å². The molecule has 1 rings (SSSR count). The van der Waals surface area contributed by atoms with E-state index in [1.165, 1.54) is 5.69 Å². The first-order valence-corrected chi connectivity index (χ1v) is 5.80. The zero-order valence-electron chi connectivity index (χ0n) is 9.70. The third-order valence-electron chi connectivity index (χ3n) is 2.43. The minimum absolute atomic E-state index is 0.363. The van der Waals surface area contributed by atoms with Crippen molar-refractivity contribution < 1.29 is 4.79 Å². The Morgan fingerprint density at radius 3 is 2.80 bits per heavy atom. The van der Waals surface area contributed by atoms with E-state index < -0.39 is 0 Å². The maximum Gasteiger partial charge on any atom is 0.133 e. The fourth-order valence-corrected chi connectivity index (χ4v) is 1.66. The molecule has 0 saturated heterocycles. The molecule has 0 unspecified atom stereocenters. The van der Waals surface area contributed by atoms with Gasteiger partial charge in [0.05, 0.1) is 0 Å². The molecule has 1 aromatic heterocycles. The highest BCUT2D eigenvalue weighted by atomic mass is 16.1. The standard InChI is InChI=1S/C12H20N2O/c1-3-5-12(15)7-6-11-8-9-13-14(11)10-4-2/h8-9H,3-7,10H2,1-2H3. The van der Waals surface area contributed by atoms with Gasteiger partial charge < -0.3 is 0 Å². The van der Waals surface area contributed by atoms with E-state index in [0.717, 1.165) is 25.8 Å². The number of nitrogens with zero attached hydrogens (tertiary/aromatic N) is 2. The van der Waals surface area contributed by atoms with Crippen molar-refractivity contribution in [1.29, 1.82) is 0 Å². The van der Waals surface area contributed by atoms with Crippen LogP contribution in [-0.2, 0) is 17.8 Å². The fraction of sp³-hybridized carbons (Fsp3) is 0.667. The molecule has 0 saturated carbocycles. The van der Waals surface area contributed by atoms with Gasteiger partial charge in [0.25, 0.3) is 0 Å². The van der Waals surface area contributed by atoms with Crippen LogP contribution in [0.25, 0.3) is 0 Å². The molecule has 0 bridgehead atoms. The highest BCUT2D eigenvalue weighted by molar-refractivity contribution is 5.78. The van der Waals surface area contributed by atoms with Gasteiger partial charge in [0.1, 0.15) is 5.78 Å². The van der Waals surface area contributed by atoms with Crippen molar-refractivity contribution in [1.82, 2.24) is 9.78 Å². The van der Waals surface area contributed by atoms with Gasteiger partial charge in [-0.1, -0.05) is 13.8 Å². The summed E-state index contributed by atoms with van der Waals surface area (Å²) in [6.07, 6.45) is 6.05. The summed E-state index contributed by atoms with van der Waals surface area (Å²) in [5.41, 5.74) is 1.18. The molecule has 0 fully saturated rings. The van der Waals surface area contributed by atoms with Crippen LogP contribution in [0.15, 0.2) is 12.3 Å². The summed E-state index contributed by atoms with van der Waals surface area (Å²) < 4.78 is 2.00. The SMILES string of the molecule is CCCC(=O)CCc1ccnn1CCC. The molecule has 0 atom stereocenters. The Bertz CT molecular complexity index is 304. The molecule has 0 aromatic carbocycles. The Morgan fingerprint density at radius 1 is 1.33 bits per heavy atom. The monoisotopic (exact) mass is 208 g/mol. The van der Waals surface area contributed by atoms with Gasteiger partial charge in [-0.25, -0.2) is 0 Å². The summed E-state index contributed by atoms with van der Waals surface area (Å²) in [5, 5.41) is 4.24. The molecule has 1 aromatic rings. The maximum atomic E-state index is 11.4. The molecule has 1 heterocycles. The largest absolute Gasteiger partial charge is 0.300 e. The van der Waals surface area contributed by atoms with Crippen LogP contribution in [0.1, 0.15) is 45.2 Å². The van der Waals surface area contributed by atoms with Gasteiger partial charge in [0.15, 0.2) is 0 Å². The minimum atomic E-state index is 0.363. The lowest BCUT2D eigenvalue weighted by Gasteiger charge is -2.05. The molecule has 0 aliphatic carbocycles. The maximum absolute atomic E-state index is 11.4. The topological polar surface area (TPSA) is 34.9 Å². The Labute approximate surface area is 91.5 Å². The van der Waals surface area contributed by atoms with Crippen molar-refractivity contribution in [3.05, 3.63) is 18.0 Å². The van der Waals surface area contributed by atoms with E-state index in [9.17, 15) is 4.79 Å². The van der Waals surface area contributed by atoms with Crippen molar-refractivity contribution in [2.24, 2.45) is 0 Å². The van der Waals surface area contributed by atoms with E-state index in [0.29, 0.717) is 18.6 Å². The number of carbonyl (C=O) groups is 1. The Kier molecular flexibility index (Phi) is 5.08. The fourth-order valence-electron chi connectivity index (χ4n) is 1.66. The van der Waals surface area contributed by atoms with Gasteiger partial charge in [0, 0.05) is 31.3 Å². The number of aromatic nitrogens is 2. The number of hydrogen-bond donors (Lipinski definition) is 0. The Balaban J connectivity index is 2.42. The van der Waals surface area contributed by atoms with E-state index >= 15 is 0 Å². The number of ketones is 1. The van der Waals surface area contributed by atoms with Crippen molar-refractivity contribution in [3.8, 4) is 0 Å². The molecule has 0 aliphatic rings. The average molecular weight is 208 g/mol. The van der Waals surface area contributed by atoms with Gasteiger partial charge in [0.2, 0.25) is 0 Å². The third kappa shape index (κ3) is 3.86. The first kappa shape index (κ1) is 12.0. The molecule has 15 heavy (non-hydrogen) atoms.